The summed E-state index contributed by atoms with van der Waals surface area (Å²) in [5.74, 6) is 1.65. The van der Waals surface area contributed by atoms with Crippen molar-refractivity contribution in [1.29, 1.82) is 0 Å². The molecule has 0 aromatic heterocycles. The molecule has 0 atom stereocenters. The monoisotopic (exact) mass is 535 g/mol. The van der Waals surface area contributed by atoms with Gasteiger partial charge in [-0.05, 0) is 45.9 Å². The minimum Gasteiger partial charge on any atom is -0.439 e. The van der Waals surface area contributed by atoms with Crippen LogP contribution in [0.2, 0.25) is 0 Å². The van der Waals surface area contributed by atoms with Crippen molar-refractivity contribution in [3.63, 3.8) is 0 Å². The van der Waals surface area contributed by atoms with Crippen molar-refractivity contribution in [2.24, 2.45) is 0 Å². The normalized spacial score (nSPS) is 16.8. The van der Waals surface area contributed by atoms with E-state index in [1.807, 2.05) is 38.1 Å². The Balaban J connectivity index is 1.50. The summed E-state index contributed by atoms with van der Waals surface area (Å²) in [6, 6.07) is 16.8. The second-order valence-electron chi connectivity index (χ2n) is 9.88. The van der Waals surface area contributed by atoms with Gasteiger partial charge in [0.1, 0.15) is 6.61 Å². The summed E-state index contributed by atoms with van der Waals surface area (Å²) in [6.45, 7) is 15.1. The van der Waals surface area contributed by atoms with Crippen molar-refractivity contribution >= 4 is 17.1 Å². The third-order valence-electron chi connectivity index (χ3n) is 7.00. The minimum absolute atomic E-state index is 0.134. The van der Waals surface area contributed by atoms with Gasteiger partial charge in [-0.1, -0.05) is 36.4 Å². The third-order valence-corrected chi connectivity index (χ3v) is 7.00. The number of nitrogens with zero attached hydrogens (tertiary/aromatic N) is 2. The predicted octanol–water partition coefficient (Wildman–Crippen LogP) is 5.47. The van der Waals surface area contributed by atoms with Crippen LogP contribution in [-0.4, -0.2) is 76.2 Å². The molecule has 2 heterocycles. The molecule has 0 radical (unpaired) electrons. The number of para-hydroxylation sites is 3. The van der Waals surface area contributed by atoms with E-state index in [-0.39, 0.29) is 5.41 Å². The fourth-order valence-electron chi connectivity index (χ4n) is 5.05. The zero-order chi connectivity index (χ0) is 27.5. The van der Waals surface area contributed by atoms with E-state index < -0.39 is 0 Å². The highest BCUT2D eigenvalue weighted by atomic mass is 16.5. The quantitative estimate of drug-likeness (QED) is 0.210. The van der Waals surface area contributed by atoms with Crippen LogP contribution in [0, 0.1) is 0 Å². The van der Waals surface area contributed by atoms with Crippen LogP contribution in [0.1, 0.15) is 33.3 Å². The van der Waals surface area contributed by atoms with Crippen molar-refractivity contribution < 1.29 is 28.3 Å². The molecular weight excluding hydrogens is 492 g/mol. The molecule has 0 saturated heterocycles. The lowest BCUT2D eigenvalue weighted by Gasteiger charge is -2.18. The van der Waals surface area contributed by atoms with Gasteiger partial charge in [-0.25, -0.2) is 0 Å². The van der Waals surface area contributed by atoms with Crippen molar-refractivity contribution in [3.8, 4) is 5.75 Å². The van der Waals surface area contributed by atoms with Gasteiger partial charge in [0.15, 0.2) is 18.0 Å². The van der Waals surface area contributed by atoms with Gasteiger partial charge in [-0.15, -0.1) is 0 Å². The lowest BCUT2D eigenvalue weighted by Crippen LogP contribution is -2.29. The van der Waals surface area contributed by atoms with E-state index in [0.29, 0.717) is 59.4 Å². The Morgan fingerprint density at radius 3 is 2.26 bits per heavy atom. The summed E-state index contributed by atoms with van der Waals surface area (Å²) in [7, 11) is 0. The topological polar surface area (TPSA) is 52.4 Å². The van der Waals surface area contributed by atoms with Crippen LogP contribution in [0.25, 0.3) is 0 Å². The fraction of sp³-hybridized carbons (Fsp3) is 0.469. The van der Waals surface area contributed by atoms with Crippen LogP contribution in [-0.2, 0) is 24.4 Å². The van der Waals surface area contributed by atoms with Crippen LogP contribution >= 0.6 is 0 Å². The van der Waals surface area contributed by atoms with E-state index >= 15 is 0 Å². The van der Waals surface area contributed by atoms with Gasteiger partial charge < -0.3 is 28.6 Å². The van der Waals surface area contributed by atoms with Crippen LogP contribution in [0.3, 0.4) is 0 Å². The zero-order valence-corrected chi connectivity index (χ0v) is 23.9. The van der Waals surface area contributed by atoms with Crippen molar-refractivity contribution in [1.82, 2.24) is 0 Å². The van der Waals surface area contributed by atoms with Gasteiger partial charge in [0, 0.05) is 37.5 Å². The van der Waals surface area contributed by atoms with Gasteiger partial charge in [-0.2, -0.15) is 4.58 Å². The highest BCUT2D eigenvalue weighted by molar-refractivity contribution is 6.03. The summed E-state index contributed by atoms with van der Waals surface area (Å²) in [5, 5.41) is 0. The molecule has 2 aromatic carbocycles. The molecular formula is C32H43N2O5+. The molecule has 0 bridgehead atoms. The molecule has 210 valence electrons. The molecule has 2 aromatic rings. The summed E-state index contributed by atoms with van der Waals surface area (Å²) in [4.78, 5) is 2.17. The van der Waals surface area contributed by atoms with E-state index in [2.05, 4.69) is 65.8 Å². The second kappa shape index (κ2) is 14.4. The number of benzene rings is 2. The van der Waals surface area contributed by atoms with Gasteiger partial charge in [-0.3, -0.25) is 0 Å². The molecule has 0 unspecified atom stereocenters. The largest absolute Gasteiger partial charge is 0.439 e. The van der Waals surface area contributed by atoms with E-state index in [0.717, 1.165) is 23.9 Å². The molecule has 0 spiro atoms. The maximum Gasteiger partial charge on any atom is 0.209 e. The van der Waals surface area contributed by atoms with Crippen molar-refractivity contribution in [3.05, 3.63) is 78.2 Å². The Morgan fingerprint density at radius 1 is 0.821 bits per heavy atom. The van der Waals surface area contributed by atoms with E-state index in [1.54, 1.807) is 0 Å². The molecule has 7 heteroatoms. The Morgan fingerprint density at radius 2 is 1.49 bits per heavy atom. The first-order valence-electron chi connectivity index (χ1n) is 14.1. The lowest BCUT2D eigenvalue weighted by molar-refractivity contribution is -0.442. The van der Waals surface area contributed by atoms with Crippen LogP contribution < -0.4 is 9.64 Å². The zero-order valence-electron chi connectivity index (χ0n) is 23.9. The minimum atomic E-state index is -0.134. The summed E-state index contributed by atoms with van der Waals surface area (Å²) < 4.78 is 31.1. The maximum absolute atomic E-state index is 6.23. The first-order chi connectivity index (χ1) is 19.1. The van der Waals surface area contributed by atoms with Crippen LogP contribution in [0.5, 0.6) is 5.75 Å². The average molecular weight is 536 g/mol. The maximum atomic E-state index is 6.23. The van der Waals surface area contributed by atoms with Crippen LogP contribution in [0.4, 0.5) is 11.4 Å². The molecule has 0 saturated carbocycles. The Hall–Kier alpha value is -2.97. The van der Waals surface area contributed by atoms with Gasteiger partial charge in [0.25, 0.3) is 0 Å². The summed E-state index contributed by atoms with van der Waals surface area (Å²) in [5.41, 5.74) is 4.71. The number of hydrogen-bond donors (Lipinski definition) is 0. The van der Waals surface area contributed by atoms with Crippen molar-refractivity contribution in [2.75, 3.05) is 70.8 Å². The molecule has 0 aliphatic carbocycles. The lowest BCUT2D eigenvalue weighted by atomic mass is 9.81. The van der Waals surface area contributed by atoms with Gasteiger partial charge >= 0.3 is 0 Å². The Kier molecular flexibility index (Phi) is 10.7. The molecule has 0 fully saturated rings. The standard InChI is InChI=1S/C32H43N2O5/c1-5-35-22-24-37-20-18-33-27-13-8-7-12-26(27)32(3,4)30(33)16-11-17-31-34(19-21-38-25-23-36-6-2)28-14-9-10-15-29(28)39-31/h7-17H,5-6,18-25H2,1-4H3/q+1. The number of rotatable bonds is 16. The molecule has 4 rings (SSSR count). The number of fused-ring (bicyclic) bond motifs is 2. The highest BCUT2D eigenvalue weighted by Gasteiger charge is 2.43. The third kappa shape index (κ3) is 7.17. The molecule has 7 nitrogen and oxygen atoms in total. The SMILES string of the molecule is CCOCCOCCN1/C(=C/C=C/C2=[N+](CCOCCOCC)c3ccccc3C2(C)C)Oc2ccccc21. The number of allylic oxidation sites excluding steroid dienone is 3. The Labute approximate surface area is 233 Å². The molecule has 2 aliphatic heterocycles. The van der Waals surface area contributed by atoms with Crippen LogP contribution in [0.15, 0.2) is 72.6 Å². The summed E-state index contributed by atoms with van der Waals surface area (Å²) >= 11 is 0. The summed E-state index contributed by atoms with van der Waals surface area (Å²) in [6.07, 6.45) is 6.34. The number of anilines is 1. The first-order valence-corrected chi connectivity index (χ1v) is 14.1. The molecule has 0 amide bonds. The van der Waals surface area contributed by atoms with Gasteiger partial charge in [0.05, 0.1) is 44.1 Å². The number of ether oxygens (including phenoxy) is 5. The van der Waals surface area contributed by atoms with E-state index in [4.69, 9.17) is 23.7 Å². The predicted molar refractivity (Wildman–Crippen MR) is 156 cm³/mol. The first kappa shape index (κ1) is 29.0. The highest BCUT2D eigenvalue weighted by Crippen LogP contribution is 2.40. The van der Waals surface area contributed by atoms with Crippen molar-refractivity contribution in [2.45, 2.75) is 33.1 Å². The van der Waals surface area contributed by atoms with Gasteiger partial charge in [0.2, 0.25) is 11.6 Å². The molecule has 0 N–H and O–H groups in total. The fourth-order valence-corrected chi connectivity index (χ4v) is 5.05. The second-order valence-corrected chi connectivity index (χ2v) is 9.88. The van der Waals surface area contributed by atoms with E-state index in [1.165, 1.54) is 17.0 Å². The smallest absolute Gasteiger partial charge is 0.209 e. The average Bonchev–Trinajstić information content (AvgIpc) is 3.40. The Bertz CT molecular complexity index is 1170. The molecule has 39 heavy (non-hydrogen) atoms. The molecule has 2 aliphatic rings. The van der Waals surface area contributed by atoms with E-state index in [9.17, 15) is 0 Å². The number of hydrogen-bond acceptors (Lipinski definition) is 6.